The van der Waals surface area contributed by atoms with Crippen molar-refractivity contribution in [3.8, 4) is 0 Å². The number of halogens is 6. The van der Waals surface area contributed by atoms with Crippen LogP contribution < -0.4 is 5.32 Å². The van der Waals surface area contributed by atoms with Gasteiger partial charge in [-0.25, -0.2) is 0 Å². The molecule has 2 heterocycles. The Labute approximate surface area is 171 Å². The number of hydrogen-bond acceptors (Lipinski definition) is 7. The second-order valence-electron chi connectivity index (χ2n) is 3.99. The van der Waals surface area contributed by atoms with Crippen molar-refractivity contribution in [1.82, 2.24) is 30.4 Å². The van der Waals surface area contributed by atoms with E-state index in [1.54, 1.807) is 12.1 Å². The van der Waals surface area contributed by atoms with E-state index in [0.29, 0.717) is 10.7 Å². The number of anilines is 2. The third-order valence-corrected chi connectivity index (χ3v) is 4.08. The molecule has 25 heavy (non-hydrogen) atoms. The Kier molecular flexibility index (Phi) is 7.61. The van der Waals surface area contributed by atoms with Crippen molar-refractivity contribution in [2.24, 2.45) is 0 Å². The van der Waals surface area contributed by atoms with Gasteiger partial charge in [-0.2, -0.15) is 15.0 Å². The Morgan fingerprint density at radius 1 is 0.720 bits per heavy atom. The average molecular weight is 460 g/mol. The van der Waals surface area contributed by atoms with Gasteiger partial charge in [0.2, 0.25) is 16.5 Å². The summed E-state index contributed by atoms with van der Waals surface area (Å²) < 4.78 is 0. The van der Waals surface area contributed by atoms with Crippen LogP contribution in [0, 0.1) is 0 Å². The van der Waals surface area contributed by atoms with Gasteiger partial charge >= 0.3 is 0 Å². The van der Waals surface area contributed by atoms with Crippen LogP contribution in [0.25, 0.3) is 0 Å². The first-order chi connectivity index (χ1) is 11.9. The van der Waals surface area contributed by atoms with Crippen molar-refractivity contribution in [3.05, 3.63) is 55.2 Å². The van der Waals surface area contributed by atoms with Crippen LogP contribution in [0.1, 0.15) is 0 Å². The highest BCUT2D eigenvalue weighted by Gasteiger charge is 2.05. The monoisotopic (exact) mass is 457 g/mol. The van der Waals surface area contributed by atoms with Crippen LogP contribution in [0.2, 0.25) is 30.9 Å². The molecule has 0 saturated carbocycles. The van der Waals surface area contributed by atoms with Crippen molar-refractivity contribution < 1.29 is 0 Å². The van der Waals surface area contributed by atoms with Crippen molar-refractivity contribution >= 4 is 81.2 Å². The van der Waals surface area contributed by atoms with Crippen LogP contribution in [0.3, 0.4) is 0 Å². The van der Waals surface area contributed by atoms with Crippen LogP contribution in [0.15, 0.2) is 24.3 Å². The fourth-order valence-electron chi connectivity index (χ4n) is 1.34. The molecule has 0 saturated heterocycles. The lowest BCUT2D eigenvalue weighted by Crippen LogP contribution is -1.99. The molecule has 1 aromatic carbocycles. The topological polar surface area (TPSA) is 89.4 Å². The van der Waals surface area contributed by atoms with Crippen molar-refractivity contribution in [1.29, 1.82) is 0 Å². The molecule has 1 N–H and O–H groups in total. The van der Waals surface area contributed by atoms with Crippen molar-refractivity contribution in [2.75, 3.05) is 5.32 Å². The number of benzene rings is 1. The molecule has 0 bridgehead atoms. The summed E-state index contributed by atoms with van der Waals surface area (Å²) in [5, 5.41) is 13.6. The minimum Gasteiger partial charge on any atom is -0.323 e. The summed E-state index contributed by atoms with van der Waals surface area (Å²) in [4.78, 5) is 11.4. The number of para-hydroxylation sites is 1. The molecule has 0 spiro atoms. The van der Waals surface area contributed by atoms with Crippen LogP contribution in [0.4, 0.5) is 11.6 Å². The van der Waals surface area contributed by atoms with E-state index >= 15 is 0 Å². The third kappa shape index (κ3) is 6.22. The van der Waals surface area contributed by atoms with E-state index < -0.39 is 0 Å². The largest absolute Gasteiger partial charge is 0.323 e. The van der Waals surface area contributed by atoms with Crippen molar-refractivity contribution in [3.63, 3.8) is 0 Å². The van der Waals surface area contributed by atoms with Crippen LogP contribution in [-0.4, -0.2) is 30.4 Å². The zero-order valence-electron chi connectivity index (χ0n) is 11.8. The van der Waals surface area contributed by atoms with Gasteiger partial charge in [0.1, 0.15) is 5.02 Å². The molecular formula is C12H5Cl6N7. The SMILES string of the molecule is Clc1nc(Cl)nc(Nc2ccccc2Cl)n1.Clc1nnnc(Cl)c1Cl. The molecule has 3 rings (SSSR count). The quantitative estimate of drug-likeness (QED) is 0.548. The average Bonchev–Trinajstić information content (AvgIpc) is 2.54. The molecule has 0 unspecified atom stereocenters. The van der Waals surface area contributed by atoms with Gasteiger partial charge in [-0.1, -0.05) is 58.5 Å². The molecule has 13 heteroatoms. The van der Waals surface area contributed by atoms with Gasteiger partial charge in [-0.05, 0) is 40.5 Å². The van der Waals surface area contributed by atoms with Gasteiger partial charge in [0, 0.05) is 0 Å². The van der Waals surface area contributed by atoms with Crippen LogP contribution in [-0.2, 0) is 0 Å². The van der Waals surface area contributed by atoms with Gasteiger partial charge in [0.25, 0.3) is 0 Å². The van der Waals surface area contributed by atoms with Crippen LogP contribution >= 0.6 is 69.6 Å². The fourth-order valence-corrected chi connectivity index (χ4v) is 2.26. The highest BCUT2D eigenvalue weighted by molar-refractivity contribution is 6.46. The van der Waals surface area contributed by atoms with E-state index in [0.717, 1.165) is 0 Å². The number of nitrogens with zero attached hydrogens (tertiary/aromatic N) is 6. The highest BCUT2D eigenvalue weighted by Crippen LogP contribution is 2.24. The second-order valence-corrected chi connectivity index (χ2v) is 6.16. The Hall–Kier alpha value is -1.22. The molecule has 0 aliphatic heterocycles. The molecular weight excluding hydrogens is 455 g/mol. The highest BCUT2D eigenvalue weighted by atomic mass is 35.5. The third-order valence-electron chi connectivity index (χ3n) is 2.33. The number of rotatable bonds is 2. The van der Waals surface area contributed by atoms with Gasteiger partial charge in [0.05, 0.1) is 10.7 Å². The summed E-state index contributed by atoms with van der Waals surface area (Å²) in [5.74, 6) is 0.248. The Morgan fingerprint density at radius 2 is 1.28 bits per heavy atom. The molecule has 0 aliphatic carbocycles. The lowest BCUT2D eigenvalue weighted by Gasteiger charge is -2.06. The maximum absolute atomic E-state index is 5.95. The molecule has 3 aromatic rings. The summed E-state index contributed by atoms with van der Waals surface area (Å²) in [7, 11) is 0. The summed E-state index contributed by atoms with van der Waals surface area (Å²) in [6.07, 6.45) is 0. The summed E-state index contributed by atoms with van der Waals surface area (Å²) in [6.45, 7) is 0. The lowest BCUT2D eigenvalue weighted by molar-refractivity contribution is 0.866. The van der Waals surface area contributed by atoms with E-state index in [1.807, 2.05) is 12.1 Å². The maximum Gasteiger partial charge on any atom is 0.232 e. The molecule has 0 atom stereocenters. The minimum atomic E-state index is 0.0227. The van der Waals surface area contributed by atoms with E-state index in [1.165, 1.54) is 0 Å². The zero-order valence-corrected chi connectivity index (χ0v) is 16.3. The number of aromatic nitrogens is 6. The Bertz CT molecular complexity index is 838. The van der Waals surface area contributed by atoms with E-state index in [4.69, 9.17) is 69.6 Å². The molecule has 2 aromatic heterocycles. The van der Waals surface area contributed by atoms with E-state index in [2.05, 4.69) is 35.7 Å². The predicted molar refractivity (Wildman–Crippen MR) is 99.4 cm³/mol. The standard InChI is InChI=1S/C9H5Cl3N4.C3Cl3N3/c10-5-3-1-2-4-6(5)13-9-15-7(11)14-8(12)16-9;4-1-2(5)7-9-8-3(1)6/h1-4H,(H,13,14,15,16);. The van der Waals surface area contributed by atoms with E-state index in [-0.39, 0.29) is 31.8 Å². The first-order valence-corrected chi connectivity index (χ1v) is 8.42. The lowest BCUT2D eigenvalue weighted by atomic mass is 10.3. The number of hydrogen-bond donors (Lipinski definition) is 1. The van der Waals surface area contributed by atoms with Gasteiger partial charge in [0.15, 0.2) is 10.3 Å². The molecule has 0 aliphatic rings. The molecule has 0 amide bonds. The summed E-state index contributed by atoms with van der Waals surface area (Å²) >= 11 is 33.4. The number of nitrogens with one attached hydrogen (secondary N) is 1. The fraction of sp³-hybridized carbons (Fsp3) is 0. The predicted octanol–water partition coefficient (Wildman–Crippen LogP) is 5.41. The van der Waals surface area contributed by atoms with Gasteiger partial charge < -0.3 is 5.32 Å². The molecule has 7 nitrogen and oxygen atoms in total. The van der Waals surface area contributed by atoms with Gasteiger partial charge in [-0.3, -0.25) is 0 Å². The molecule has 0 fully saturated rings. The maximum atomic E-state index is 5.95. The summed E-state index contributed by atoms with van der Waals surface area (Å²) in [5.41, 5.74) is 0.669. The normalized spacial score (nSPS) is 10.0. The first-order valence-electron chi connectivity index (χ1n) is 6.15. The second kappa shape index (κ2) is 9.47. The van der Waals surface area contributed by atoms with E-state index in [9.17, 15) is 0 Å². The Balaban J connectivity index is 0.000000212. The van der Waals surface area contributed by atoms with Crippen molar-refractivity contribution in [2.45, 2.75) is 0 Å². The molecule has 130 valence electrons. The summed E-state index contributed by atoms with van der Waals surface area (Å²) in [6, 6.07) is 7.18. The van der Waals surface area contributed by atoms with Gasteiger partial charge in [-0.15, -0.1) is 10.2 Å². The smallest absolute Gasteiger partial charge is 0.232 e. The zero-order chi connectivity index (χ0) is 18.4. The first kappa shape index (κ1) is 20.1. The minimum absolute atomic E-state index is 0.0227. The molecule has 0 radical (unpaired) electrons. The van der Waals surface area contributed by atoms with Crippen LogP contribution in [0.5, 0.6) is 0 Å². The Morgan fingerprint density at radius 3 is 1.80 bits per heavy atom.